The van der Waals surface area contributed by atoms with Gasteiger partial charge in [-0.2, -0.15) is 0 Å². The molecule has 14 atom stereocenters. The topological polar surface area (TPSA) is 268 Å². The van der Waals surface area contributed by atoms with Gasteiger partial charge in [-0.15, -0.1) is 0 Å². The number of amides is 1. The SMILES string of the molecule is CCCCCCCC/C=C\CCCCCCCC[C@@H](O)[C@@H](O)[C@H](CO[C@@H]1OC(CO)[C@@H](OC2OC(CO)C(O)C(O)C2O)C(O)C1O)NC(=O)[C@H](O)CCCCCCCCCCCCCC. The Balaban J connectivity index is 1.91. The van der Waals surface area contributed by atoms with Crippen molar-refractivity contribution in [3.8, 4) is 0 Å². The molecular weight excluding hydrogens is 855 g/mol. The molecule has 2 fully saturated rings. The van der Waals surface area contributed by atoms with Gasteiger partial charge in [-0.05, 0) is 38.5 Å². The number of allylic oxidation sites excluding steroid dienone is 2. The van der Waals surface area contributed by atoms with Crippen LogP contribution in [0.4, 0.5) is 0 Å². The van der Waals surface area contributed by atoms with E-state index in [-0.39, 0.29) is 12.8 Å². The highest BCUT2D eigenvalue weighted by Gasteiger charge is 2.51. The number of carbonyl (C=O) groups excluding carboxylic acids is 1. The van der Waals surface area contributed by atoms with Crippen molar-refractivity contribution in [2.24, 2.45) is 0 Å². The number of nitrogens with one attached hydrogen (secondary N) is 1. The van der Waals surface area contributed by atoms with Gasteiger partial charge in [-0.25, -0.2) is 0 Å². The van der Waals surface area contributed by atoms with Gasteiger partial charge in [0, 0.05) is 0 Å². The number of aliphatic hydroxyl groups is 10. The van der Waals surface area contributed by atoms with Crippen molar-refractivity contribution in [1.29, 1.82) is 0 Å². The Morgan fingerprint density at radius 1 is 0.545 bits per heavy atom. The van der Waals surface area contributed by atoms with Gasteiger partial charge in [0.25, 0.3) is 0 Å². The summed E-state index contributed by atoms with van der Waals surface area (Å²) in [6.45, 7) is 2.40. The highest BCUT2D eigenvalue weighted by molar-refractivity contribution is 5.80. The molecule has 2 aliphatic heterocycles. The lowest BCUT2D eigenvalue weighted by Crippen LogP contribution is -2.65. The molecule has 1 amide bonds. The van der Waals surface area contributed by atoms with Crippen LogP contribution in [0.2, 0.25) is 0 Å². The quantitative estimate of drug-likeness (QED) is 0.0293. The molecule has 390 valence electrons. The first kappa shape index (κ1) is 60.8. The number of unbranched alkanes of at least 4 members (excludes halogenated alkanes) is 23. The van der Waals surface area contributed by atoms with Gasteiger partial charge >= 0.3 is 0 Å². The van der Waals surface area contributed by atoms with Gasteiger partial charge in [0.15, 0.2) is 12.6 Å². The Hall–Kier alpha value is -1.35. The Kier molecular flexibility index (Phi) is 34.5. The zero-order valence-corrected chi connectivity index (χ0v) is 40.7. The molecule has 2 heterocycles. The molecule has 16 heteroatoms. The summed E-state index contributed by atoms with van der Waals surface area (Å²) in [6, 6.07) is -1.28. The van der Waals surface area contributed by atoms with Crippen LogP contribution in [0, 0.1) is 0 Å². The van der Waals surface area contributed by atoms with Crippen LogP contribution < -0.4 is 5.32 Å². The van der Waals surface area contributed by atoms with E-state index in [2.05, 4.69) is 31.3 Å². The van der Waals surface area contributed by atoms with Crippen molar-refractivity contribution in [3.05, 3.63) is 12.2 Å². The van der Waals surface area contributed by atoms with Crippen LogP contribution in [0.25, 0.3) is 0 Å². The second-order valence-electron chi connectivity index (χ2n) is 18.9. The summed E-state index contributed by atoms with van der Waals surface area (Å²) in [6.07, 6.45) is 13.7. The van der Waals surface area contributed by atoms with Crippen molar-refractivity contribution in [2.45, 2.75) is 279 Å². The van der Waals surface area contributed by atoms with Gasteiger partial charge in [-0.1, -0.05) is 167 Å². The molecule has 0 radical (unpaired) electrons. The fourth-order valence-electron chi connectivity index (χ4n) is 8.75. The number of aliphatic hydroxyl groups excluding tert-OH is 10. The zero-order valence-electron chi connectivity index (χ0n) is 40.7. The second kappa shape index (κ2) is 37.5. The smallest absolute Gasteiger partial charge is 0.249 e. The van der Waals surface area contributed by atoms with Crippen molar-refractivity contribution in [1.82, 2.24) is 5.32 Å². The normalized spacial score (nSPS) is 27.8. The summed E-state index contributed by atoms with van der Waals surface area (Å²) >= 11 is 0. The van der Waals surface area contributed by atoms with E-state index >= 15 is 0 Å². The average molecular weight is 950 g/mol. The first-order valence-corrected chi connectivity index (χ1v) is 26.1. The van der Waals surface area contributed by atoms with E-state index in [1.54, 1.807) is 0 Å². The zero-order chi connectivity index (χ0) is 48.5. The molecule has 11 N–H and O–H groups in total. The lowest BCUT2D eigenvalue weighted by atomic mass is 9.97. The first-order valence-electron chi connectivity index (χ1n) is 26.1. The molecular formula is C50H95NO15. The minimum Gasteiger partial charge on any atom is -0.394 e. The fraction of sp³-hybridized carbons (Fsp3) is 0.940. The van der Waals surface area contributed by atoms with Crippen LogP contribution in [0.1, 0.15) is 194 Å². The van der Waals surface area contributed by atoms with Crippen molar-refractivity contribution in [2.75, 3.05) is 19.8 Å². The summed E-state index contributed by atoms with van der Waals surface area (Å²) in [4.78, 5) is 13.3. The number of hydrogen-bond acceptors (Lipinski definition) is 15. The summed E-state index contributed by atoms with van der Waals surface area (Å²) in [7, 11) is 0. The maximum absolute atomic E-state index is 13.3. The summed E-state index contributed by atoms with van der Waals surface area (Å²) in [5.41, 5.74) is 0. The van der Waals surface area contributed by atoms with E-state index in [0.717, 1.165) is 70.6 Å². The molecule has 2 rings (SSSR count). The van der Waals surface area contributed by atoms with Crippen molar-refractivity contribution >= 4 is 5.91 Å². The number of hydrogen-bond donors (Lipinski definition) is 11. The van der Waals surface area contributed by atoms with Crippen LogP contribution in [-0.2, 0) is 23.7 Å². The minimum absolute atomic E-state index is 0.204. The molecule has 0 aromatic carbocycles. The highest BCUT2D eigenvalue weighted by atomic mass is 16.7. The van der Waals surface area contributed by atoms with Gasteiger partial charge < -0.3 is 75.3 Å². The maximum Gasteiger partial charge on any atom is 0.249 e. The molecule has 0 bridgehead atoms. The summed E-state index contributed by atoms with van der Waals surface area (Å²) < 4.78 is 22.5. The van der Waals surface area contributed by atoms with Gasteiger partial charge in [-0.3, -0.25) is 4.79 Å². The highest BCUT2D eigenvalue weighted by Crippen LogP contribution is 2.30. The minimum atomic E-state index is -1.85. The monoisotopic (exact) mass is 950 g/mol. The van der Waals surface area contributed by atoms with E-state index < -0.39 is 111 Å². The van der Waals surface area contributed by atoms with Crippen LogP contribution in [0.5, 0.6) is 0 Å². The van der Waals surface area contributed by atoms with Crippen LogP contribution in [-0.4, -0.2) is 163 Å². The third kappa shape index (κ3) is 24.0. The van der Waals surface area contributed by atoms with Gasteiger partial charge in [0.2, 0.25) is 5.91 Å². The van der Waals surface area contributed by atoms with E-state index in [9.17, 15) is 55.9 Å². The van der Waals surface area contributed by atoms with Crippen molar-refractivity contribution in [3.63, 3.8) is 0 Å². The molecule has 8 unspecified atom stereocenters. The standard InChI is InChI=1S/C50H95NO15/c1-3-5-7-9-11-13-15-17-18-19-20-22-23-25-27-29-31-37(54)41(56)36(51-48(62)38(55)32-30-28-26-24-21-16-14-12-10-8-6-4-2)35-63-49-46(61)44(59)47(40(34-53)65-49)66-50-45(60)43(58)42(57)39(33-52)64-50/h17-18,36-47,49-50,52-61H,3-16,19-35H2,1-2H3,(H,51,62)/b18-17-/t36-,37+,38+,39?,40?,41-,42?,43?,44?,45?,46?,47+,49+,50?/m0/s1. The van der Waals surface area contributed by atoms with Gasteiger partial charge in [0.1, 0.15) is 61.0 Å². The van der Waals surface area contributed by atoms with E-state index in [0.29, 0.717) is 12.8 Å². The lowest BCUT2D eigenvalue weighted by molar-refractivity contribution is -0.359. The molecule has 66 heavy (non-hydrogen) atoms. The van der Waals surface area contributed by atoms with E-state index in [1.165, 1.54) is 83.5 Å². The molecule has 0 aromatic heterocycles. The molecule has 0 spiro atoms. The van der Waals surface area contributed by atoms with Crippen LogP contribution in [0.15, 0.2) is 12.2 Å². The summed E-state index contributed by atoms with van der Waals surface area (Å²) in [5, 5.41) is 108. The second-order valence-corrected chi connectivity index (χ2v) is 18.9. The van der Waals surface area contributed by atoms with E-state index in [1.807, 2.05) is 0 Å². The first-order chi connectivity index (χ1) is 31.9. The lowest BCUT2D eigenvalue weighted by Gasteiger charge is -2.46. The fourth-order valence-corrected chi connectivity index (χ4v) is 8.75. The predicted molar refractivity (Wildman–Crippen MR) is 252 cm³/mol. The van der Waals surface area contributed by atoms with Crippen LogP contribution in [0.3, 0.4) is 0 Å². The molecule has 0 saturated carbocycles. The Morgan fingerprint density at radius 2 is 0.985 bits per heavy atom. The number of rotatable bonds is 40. The largest absolute Gasteiger partial charge is 0.394 e. The molecule has 0 aromatic rings. The predicted octanol–water partition coefficient (Wildman–Crippen LogP) is 4.71. The molecule has 2 saturated heterocycles. The molecule has 2 aliphatic rings. The van der Waals surface area contributed by atoms with Gasteiger partial charge in [0.05, 0.1) is 32.0 Å². The van der Waals surface area contributed by atoms with Crippen LogP contribution >= 0.6 is 0 Å². The Morgan fingerprint density at radius 3 is 1.48 bits per heavy atom. The van der Waals surface area contributed by atoms with E-state index in [4.69, 9.17) is 18.9 Å². The number of ether oxygens (including phenoxy) is 4. The average Bonchev–Trinajstić information content (AvgIpc) is 3.31. The maximum atomic E-state index is 13.3. The Labute approximate surface area is 396 Å². The summed E-state index contributed by atoms with van der Waals surface area (Å²) in [5.74, 6) is -0.762. The Bertz CT molecular complexity index is 1200. The number of carbonyl (C=O) groups is 1. The van der Waals surface area contributed by atoms with Crippen molar-refractivity contribution < 1.29 is 74.8 Å². The third-order valence-electron chi connectivity index (χ3n) is 13.2. The third-order valence-corrected chi connectivity index (χ3v) is 13.2. The molecule has 0 aliphatic carbocycles. The molecule has 16 nitrogen and oxygen atoms in total.